The zero-order chi connectivity index (χ0) is 13.8. The van der Waals surface area contributed by atoms with E-state index in [1.165, 1.54) is 18.6 Å². The molecule has 0 aromatic heterocycles. The standard InChI is InChI=1S/C16H26FN/c1-12(11-16(2,3)4)9-15(18)10-13-5-7-14(17)8-6-13/h5-8,12,15H,9-11,18H2,1-4H3. The average Bonchev–Trinajstić information content (AvgIpc) is 2.18. The molecule has 2 N–H and O–H groups in total. The first-order valence-corrected chi connectivity index (χ1v) is 6.76. The number of nitrogens with two attached hydrogens (primary N) is 1. The van der Waals surface area contributed by atoms with Gasteiger partial charge in [0.15, 0.2) is 0 Å². The molecule has 0 saturated heterocycles. The molecule has 0 aliphatic rings. The van der Waals surface area contributed by atoms with Gasteiger partial charge in [0.05, 0.1) is 0 Å². The van der Waals surface area contributed by atoms with Gasteiger partial charge in [0.1, 0.15) is 5.82 Å². The Balaban J connectivity index is 2.41. The summed E-state index contributed by atoms with van der Waals surface area (Å²) < 4.78 is 12.8. The van der Waals surface area contributed by atoms with Crippen LogP contribution in [-0.2, 0) is 6.42 Å². The Kier molecular flexibility index (Phi) is 5.33. The van der Waals surface area contributed by atoms with Crippen LogP contribution in [0.2, 0.25) is 0 Å². The number of hydrogen-bond acceptors (Lipinski definition) is 1. The molecule has 0 spiro atoms. The van der Waals surface area contributed by atoms with Crippen LogP contribution in [0.1, 0.15) is 46.1 Å². The Morgan fingerprint density at radius 1 is 1.17 bits per heavy atom. The zero-order valence-corrected chi connectivity index (χ0v) is 12.0. The largest absolute Gasteiger partial charge is 0.327 e. The maximum Gasteiger partial charge on any atom is 0.123 e. The zero-order valence-electron chi connectivity index (χ0n) is 12.0. The van der Waals surface area contributed by atoms with Gasteiger partial charge < -0.3 is 5.73 Å². The Morgan fingerprint density at radius 3 is 2.22 bits per heavy atom. The van der Waals surface area contributed by atoms with Crippen LogP contribution in [-0.4, -0.2) is 6.04 Å². The Labute approximate surface area is 111 Å². The molecular weight excluding hydrogens is 225 g/mol. The van der Waals surface area contributed by atoms with Crippen molar-refractivity contribution in [3.8, 4) is 0 Å². The fourth-order valence-electron chi connectivity index (χ4n) is 2.65. The Morgan fingerprint density at radius 2 is 1.72 bits per heavy atom. The lowest BCUT2D eigenvalue weighted by Crippen LogP contribution is -2.26. The first-order valence-electron chi connectivity index (χ1n) is 6.76. The lowest BCUT2D eigenvalue weighted by Gasteiger charge is -2.25. The number of rotatable bonds is 5. The van der Waals surface area contributed by atoms with Crippen molar-refractivity contribution in [3.05, 3.63) is 35.6 Å². The second-order valence-electron chi connectivity index (χ2n) is 6.70. The number of benzene rings is 1. The summed E-state index contributed by atoms with van der Waals surface area (Å²) in [7, 11) is 0. The lowest BCUT2D eigenvalue weighted by molar-refractivity contribution is 0.285. The Hall–Kier alpha value is -0.890. The monoisotopic (exact) mass is 251 g/mol. The van der Waals surface area contributed by atoms with Gasteiger partial charge in [-0.15, -0.1) is 0 Å². The molecule has 18 heavy (non-hydrogen) atoms. The van der Waals surface area contributed by atoms with Crippen molar-refractivity contribution in [3.63, 3.8) is 0 Å². The van der Waals surface area contributed by atoms with E-state index in [1.807, 2.05) is 12.1 Å². The van der Waals surface area contributed by atoms with E-state index in [9.17, 15) is 4.39 Å². The minimum Gasteiger partial charge on any atom is -0.327 e. The van der Waals surface area contributed by atoms with Crippen LogP contribution in [0.4, 0.5) is 4.39 Å². The van der Waals surface area contributed by atoms with Gasteiger partial charge in [0.25, 0.3) is 0 Å². The summed E-state index contributed by atoms with van der Waals surface area (Å²) in [5.74, 6) is 0.439. The Bertz CT molecular complexity index is 350. The first kappa shape index (κ1) is 15.2. The van der Waals surface area contributed by atoms with E-state index in [1.54, 1.807) is 0 Å². The van der Waals surface area contributed by atoms with Crippen LogP contribution in [0.15, 0.2) is 24.3 Å². The molecule has 102 valence electrons. The molecule has 2 unspecified atom stereocenters. The number of hydrogen-bond donors (Lipinski definition) is 1. The van der Waals surface area contributed by atoms with Gasteiger partial charge in [-0.2, -0.15) is 0 Å². The normalized spacial score (nSPS) is 15.4. The van der Waals surface area contributed by atoms with E-state index in [0.29, 0.717) is 11.3 Å². The SMILES string of the molecule is CC(CC(N)Cc1ccc(F)cc1)CC(C)(C)C. The third kappa shape index (κ3) is 6.15. The summed E-state index contributed by atoms with van der Waals surface area (Å²) in [5, 5.41) is 0. The number of halogens is 1. The van der Waals surface area contributed by atoms with E-state index in [4.69, 9.17) is 5.73 Å². The molecule has 0 saturated carbocycles. The van der Waals surface area contributed by atoms with E-state index < -0.39 is 0 Å². The molecule has 0 bridgehead atoms. The summed E-state index contributed by atoms with van der Waals surface area (Å²) in [5.41, 5.74) is 7.64. The first-order chi connectivity index (χ1) is 8.26. The van der Waals surface area contributed by atoms with Gasteiger partial charge >= 0.3 is 0 Å². The second-order valence-corrected chi connectivity index (χ2v) is 6.70. The van der Waals surface area contributed by atoms with Gasteiger partial charge in [-0.3, -0.25) is 0 Å². The van der Waals surface area contributed by atoms with Gasteiger partial charge in [0, 0.05) is 6.04 Å². The molecule has 0 aliphatic carbocycles. The molecule has 1 rings (SSSR count). The fraction of sp³-hybridized carbons (Fsp3) is 0.625. The van der Waals surface area contributed by atoms with Crippen molar-refractivity contribution in [1.29, 1.82) is 0 Å². The molecule has 0 radical (unpaired) electrons. The highest BCUT2D eigenvalue weighted by molar-refractivity contribution is 5.17. The maximum absolute atomic E-state index is 12.8. The van der Waals surface area contributed by atoms with Crippen molar-refractivity contribution in [1.82, 2.24) is 0 Å². The summed E-state index contributed by atoms with van der Waals surface area (Å²) in [6.45, 7) is 9.04. The molecule has 1 aromatic rings. The molecule has 1 aromatic carbocycles. The average molecular weight is 251 g/mol. The molecule has 0 fully saturated rings. The highest BCUT2D eigenvalue weighted by atomic mass is 19.1. The minimum atomic E-state index is -0.187. The van der Waals surface area contributed by atoms with Crippen LogP contribution in [0, 0.1) is 17.2 Å². The summed E-state index contributed by atoms with van der Waals surface area (Å²) in [6.07, 6.45) is 3.04. The van der Waals surface area contributed by atoms with Crippen LogP contribution >= 0.6 is 0 Å². The lowest BCUT2D eigenvalue weighted by atomic mass is 9.82. The van der Waals surface area contributed by atoms with Crippen molar-refractivity contribution < 1.29 is 4.39 Å². The highest BCUT2D eigenvalue weighted by Crippen LogP contribution is 2.26. The predicted octanol–water partition coefficient (Wildman–Crippen LogP) is 4.16. The van der Waals surface area contributed by atoms with Crippen molar-refractivity contribution in [2.24, 2.45) is 17.1 Å². The van der Waals surface area contributed by atoms with Gasteiger partial charge in [-0.25, -0.2) is 4.39 Å². The molecule has 2 atom stereocenters. The summed E-state index contributed by atoms with van der Waals surface area (Å²) in [6, 6.07) is 6.81. The van der Waals surface area contributed by atoms with E-state index in [2.05, 4.69) is 27.7 Å². The smallest absolute Gasteiger partial charge is 0.123 e. The quantitative estimate of drug-likeness (QED) is 0.835. The molecule has 0 amide bonds. The van der Waals surface area contributed by atoms with Crippen LogP contribution in [0.3, 0.4) is 0 Å². The summed E-state index contributed by atoms with van der Waals surface area (Å²) in [4.78, 5) is 0. The fourth-order valence-corrected chi connectivity index (χ4v) is 2.65. The van der Waals surface area contributed by atoms with Crippen molar-refractivity contribution >= 4 is 0 Å². The van der Waals surface area contributed by atoms with Crippen molar-refractivity contribution in [2.75, 3.05) is 0 Å². The summed E-state index contributed by atoms with van der Waals surface area (Å²) >= 11 is 0. The third-order valence-corrected chi connectivity index (χ3v) is 3.08. The van der Waals surface area contributed by atoms with Gasteiger partial charge in [-0.05, 0) is 48.3 Å². The van der Waals surface area contributed by atoms with Crippen LogP contribution < -0.4 is 5.73 Å². The second kappa shape index (κ2) is 6.33. The van der Waals surface area contributed by atoms with Crippen LogP contribution in [0.5, 0.6) is 0 Å². The van der Waals surface area contributed by atoms with Gasteiger partial charge in [-0.1, -0.05) is 39.8 Å². The van der Waals surface area contributed by atoms with Gasteiger partial charge in [0.2, 0.25) is 0 Å². The molecule has 2 heteroatoms. The molecule has 1 nitrogen and oxygen atoms in total. The molecule has 0 aliphatic heterocycles. The molecular formula is C16H26FN. The highest BCUT2D eigenvalue weighted by Gasteiger charge is 2.17. The minimum absolute atomic E-state index is 0.160. The maximum atomic E-state index is 12.8. The van der Waals surface area contributed by atoms with E-state index in [-0.39, 0.29) is 11.9 Å². The van der Waals surface area contributed by atoms with Crippen LogP contribution in [0.25, 0.3) is 0 Å². The van der Waals surface area contributed by atoms with E-state index in [0.717, 1.165) is 18.4 Å². The predicted molar refractivity (Wildman–Crippen MR) is 75.9 cm³/mol. The van der Waals surface area contributed by atoms with Crippen molar-refractivity contribution in [2.45, 2.75) is 53.0 Å². The third-order valence-electron chi connectivity index (χ3n) is 3.08. The molecule has 0 heterocycles. The van der Waals surface area contributed by atoms with E-state index >= 15 is 0 Å². The topological polar surface area (TPSA) is 26.0 Å².